The van der Waals surface area contributed by atoms with Crippen LogP contribution < -0.4 is 5.32 Å². The van der Waals surface area contributed by atoms with Gasteiger partial charge in [0.25, 0.3) is 0 Å². The molecule has 0 aliphatic carbocycles. The van der Waals surface area contributed by atoms with Crippen molar-refractivity contribution in [2.24, 2.45) is 0 Å². The number of hydrogen-bond donors (Lipinski definition) is 3. The van der Waals surface area contributed by atoms with Crippen molar-refractivity contribution in [3.8, 4) is 0 Å². The van der Waals surface area contributed by atoms with Crippen LogP contribution in [0.3, 0.4) is 0 Å². The molecule has 6 heteroatoms. The zero-order valence-electron chi connectivity index (χ0n) is 35.0. The van der Waals surface area contributed by atoms with Gasteiger partial charge in [-0.25, -0.2) is 0 Å². The molecule has 0 aliphatic heterocycles. The highest BCUT2D eigenvalue weighted by molar-refractivity contribution is 5.77. The first-order chi connectivity index (χ1) is 25.5. The van der Waals surface area contributed by atoms with Gasteiger partial charge in [0.1, 0.15) is 6.10 Å². The van der Waals surface area contributed by atoms with Gasteiger partial charge >= 0.3 is 5.97 Å². The number of amides is 1. The number of aliphatic hydroxyl groups is 2. The second-order valence-corrected chi connectivity index (χ2v) is 15.8. The van der Waals surface area contributed by atoms with Gasteiger partial charge in [0.05, 0.1) is 25.2 Å². The van der Waals surface area contributed by atoms with E-state index in [1.54, 1.807) is 0 Å². The van der Waals surface area contributed by atoms with Crippen LogP contribution in [0.4, 0.5) is 0 Å². The Balaban J connectivity index is 4.44. The number of rotatable bonds is 41. The fourth-order valence-electron chi connectivity index (χ4n) is 7.08. The first-order valence-electron chi connectivity index (χ1n) is 22.9. The Morgan fingerprint density at radius 1 is 0.538 bits per heavy atom. The molecule has 0 rings (SSSR count). The van der Waals surface area contributed by atoms with Crippen LogP contribution in [0.25, 0.3) is 0 Å². The van der Waals surface area contributed by atoms with Gasteiger partial charge in [0, 0.05) is 6.42 Å². The summed E-state index contributed by atoms with van der Waals surface area (Å²) in [6, 6.07) is -0.697. The standard InChI is InChI=1S/C46H89NO5/c1-4-7-10-13-16-19-21-22-23-24-25-27-30-33-36-39-46(51)52-42(37-34-31-28-18-15-12-9-6-3)40-45(50)47-43(41-48)44(49)38-35-32-29-26-20-17-14-11-8-5-2/h12,15,42-44,48-49H,4-11,13-14,16-41H2,1-3H3,(H,47,50)/b15-12-. The summed E-state index contributed by atoms with van der Waals surface area (Å²) in [4.78, 5) is 25.9. The molecule has 0 aromatic heterocycles. The van der Waals surface area contributed by atoms with Crippen LogP contribution >= 0.6 is 0 Å². The molecule has 3 N–H and O–H groups in total. The lowest BCUT2D eigenvalue weighted by molar-refractivity contribution is -0.151. The monoisotopic (exact) mass is 736 g/mol. The molecule has 0 bridgehead atoms. The normalized spacial score (nSPS) is 13.4. The third-order valence-corrected chi connectivity index (χ3v) is 10.6. The number of ether oxygens (including phenoxy) is 1. The number of esters is 1. The molecular weight excluding hydrogens is 647 g/mol. The Bertz CT molecular complexity index is 787. The number of nitrogens with one attached hydrogen (secondary N) is 1. The van der Waals surface area contributed by atoms with E-state index in [2.05, 4.69) is 38.2 Å². The molecule has 0 spiro atoms. The van der Waals surface area contributed by atoms with Gasteiger partial charge in [0.2, 0.25) is 5.91 Å². The van der Waals surface area contributed by atoms with Crippen molar-refractivity contribution in [1.82, 2.24) is 5.32 Å². The van der Waals surface area contributed by atoms with Gasteiger partial charge < -0.3 is 20.3 Å². The van der Waals surface area contributed by atoms with E-state index in [1.165, 1.54) is 128 Å². The van der Waals surface area contributed by atoms with Crippen LogP contribution in [-0.4, -0.2) is 46.9 Å². The second kappa shape index (κ2) is 40.8. The molecule has 0 saturated heterocycles. The molecule has 308 valence electrons. The number of unbranched alkanes of at least 4 members (excludes halogenated alkanes) is 27. The molecule has 52 heavy (non-hydrogen) atoms. The highest BCUT2D eigenvalue weighted by Crippen LogP contribution is 2.17. The average molecular weight is 736 g/mol. The summed E-state index contributed by atoms with van der Waals surface area (Å²) >= 11 is 0. The van der Waals surface area contributed by atoms with Gasteiger partial charge in [-0.3, -0.25) is 9.59 Å². The largest absolute Gasteiger partial charge is 0.462 e. The van der Waals surface area contributed by atoms with Crippen LogP contribution in [0.15, 0.2) is 12.2 Å². The molecule has 0 aromatic carbocycles. The maximum absolute atomic E-state index is 13.1. The quantitative estimate of drug-likeness (QED) is 0.0330. The molecule has 0 aromatic rings. The van der Waals surface area contributed by atoms with Crippen LogP contribution in [0.5, 0.6) is 0 Å². The first-order valence-corrected chi connectivity index (χ1v) is 22.9. The lowest BCUT2D eigenvalue weighted by Gasteiger charge is -2.24. The van der Waals surface area contributed by atoms with E-state index in [0.29, 0.717) is 19.3 Å². The van der Waals surface area contributed by atoms with E-state index in [4.69, 9.17) is 4.74 Å². The van der Waals surface area contributed by atoms with Crippen molar-refractivity contribution >= 4 is 11.9 Å². The smallest absolute Gasteiger partial charge is 0.306 e. The summed E-state index contributed by atoms with van der Waals surface area (Å²) in [6.07, 6.45) is 42.8. The first kappa shape index (κ1) is 50.6. The average Bonchev–Trinajstić information content (AvgIpc) is 3.13. The molecule has 6 nitrogen and oxygen atoms in total. The second-order valence-electron chi connectivity index (χ2n) is 15.8. The SMILES string of the molecule is CCC/C=C\CCCCCC(CC(=O)NC(CO)C(O)CCCCCCCCCCCC)OC(=O)CCCCCCCCCCCCCCCCC. The highest BCUT2D eigenvalue weighted by atomic mass is 16.5. The summed E-state index contributed by atoms with van der Waals surface area (Å²) in [6.45, 7) is 6.40. The zero-order valence-corrected chi connectivity index (χ0v) is 35.0. The van der Waals surface area contributed by atoms with Gasteiger partial charge in [-0.05, 0) is 44.9 Å². The molecule has 3 atom stereocenters. The van der Waals surface area contributed by atoms with E-state index < -0.39 is 18.2 Å². The van der Waals surface area contributed by atoms with Crippen molar-refractivity contribution in [3.05, 3.63) is 12.2 Å². The maximum atomic E-state index is 13.1. The van der Waals surface area contributed by atoms with Crippen LogP contribution in [0.1, 0.15) is 245 Å². The summed E-state index contributed by atoms with van der Waals surface area (Å²) < 4.78 is 5.88. The molecule has 0 heterocycles. The van der Waals surface area contributed by atoms with Gasteiger partial charge in [-0.15, -0.1) is 0 Å². The molecule has 0 radical (unpaired) electrons. The predicted octanol–water partition coefficient (Wildman–Crippen LogP) is 13.0. The minimum absolute atomic E-state index is 0.0719. The van der Waals surface area contributed by atoms with Crippen LogP contribution in [0, 0.1) is 0 Å². The fraction of sp³-hybridized carbons (Fsp3) is 0.913. The Morgan fingerprint density at radius 2 is 0.962 bits per heavy atom. The number of carbonyl (C=O) groups excluding carboxylic acids is 2. The maximum Gasteiger partial charge on any atom is 0.306 e. The zero-order chi connectivity index (χ0) is 38.2. The minimum Gasteiger partial charge on any atom is -0.462 e. The molecule has 0 aliphatic rings. The molecular formula is C46H89NO5. The van der Waals surface area contributed by atoms with E-state index in [1.807, 2.05) is 0 Å². The lowest BCUT2D eigenvalue weighted by atomic mass is 10.0. The summed E-state index contributed by atoms with van der Waals surface area (Å²) in [5, 5.41) is 23.5. The van der Waals surface area contributed by atoms with Crippen LogP contribution in [-0.2, 0) is 14.3 Å². The number of carbonyl (C=O) groups is 2. The summed E-state index contributed by atoms with van der Waals surface area (Å²) in [7, 11) is 0. The molecule has 3 unspecified atom stereocenters. The van der Waals surface area contributed by atoms with Crippen molar-refractivity contribution in [3.63, 3.8) is 0 Å². The van der Waals surface area contributed by atoms with Crippen molar-refractivity contribution < 1.29 is 24.5 Å². The fourth-order valence-corrected chi connectivity index (χ4v) is 7.08. The van der Waals surface area contributed by atoms with Crippen LogP contribution in [0.2, 0.25) is 0 Å². The Kier molecular flexibility index (Phi) is 39.7. The minimum atomic E-state index is -0.783. The highest BCUT2D eigenvalue weighted by Gasteiger charge is 2.24. The Labute approximate surface area is 323 Å². The van der Waals surface area contributed by atoms with E-state index in [-0.39, 0.29) is 24.9 Å². The Hall–Kier alpha value is -1.40. The third-order valence-electron chi connectivity index (χ3n) is 10.6. The van der Waals surface area contributed by atoms with E-state index in [9.17, 15) is 19.8 Å². The predicted molar refractivity (Wildman–Crippen MR) is 223 cm³/mol. The molecule has 0 fully saturated rings. The van der Waals surface area contributed by atoms with Gasteiger partial charge in [0.15, 0.2) is 0 Å². The Morgan fingerprint density at radius 3 is 1.44 bits per heavy atom. The number of allylic oxidation sites excluding steroid dienone is 2. The molecule has 0 saturated carbocycles. The number of hydrogen-bond acceptors (Lipinski definition) is 5. The number of aliphatic hydroxyl groups excluding tert-OH is 2. The third kappa shape index (κ3) is 35.6. The summed E-state index contributed by atoms with van der Waals surface area (Å²) in [5.41, 5.74) is 0. The van der Waals surface area contributed by atoms with E-state index in [0.717, 1.165) is 70.6 Å². The van der Waals surface area contributed by atoms with Gasteiger partial charge in [-0.1, -0.05) is 200 Å². The van der Waals surface area contributed by atoms with Crippen molar-refractivity contribution in [2.45, 2.75) is 264 Å². The summed E-state index contributed by atoms with van der Waals surface area (Å²) in [5.74, 6) is -0.483. The van der Waals surface area contributed by atoms with Gasteiger partial charge in [-0.2, -0.15) is 0 Å². The van der Waals surface area contributed by atoms with E-state index >= 15 is 0 Å². The molecule has 1 amide bonds. The van der Waals surface area contributed by atoms with Crippen molar-refractivity contribution in [1.29, 1.82) is 0 Å². The van der Waals surface area contributed by atoms with Crippen molar-refractivity contribution in [2.75, 3.05) is 6.61 Å². The lowest BCUT2D eigenvalue weighted by Crippen LogP contribution is -2.46. The topological polar surface area (TPSA) is 95.9 Å².